The highest BCUT2D eigenvalue weighted by atomic mass is 32.2. The minimum atomic E-state index is -0.526. The summed E-state index contributed by atoms with van der Waals surface area (Å²) in [6.07, 6.45) is 1.63. The third-order valence-corrected chi connectivity index (χ3v) is 8.05. The number of carbonyl (C=O) groups is 3. The van der Waals surface area contributed by atoms with Crippen LogP contribution in [0.3, 0.4) is 0 Å². The zero-order valence-electron chi connectivity index (χ0n) is 25.2. The van der Waals surface area contributed by atoms with Crippen LogP contribution in [0.4, 0.5) is 11.4 Å². The number of hydrogen-bond donors (Lipinski definition) is 3. The van der Waals surface area contributed by atoms with E-state index in [0.717, 1.165) is 21.8 Å². The minimum absolute atomic E-state index is 0.105. The lowest BCUT2D eigenvalue weighted by Crippen LogP contribution is -2.30. The first-order valence-electron chi connectivity index (χ1n) is 14.8. The maximum absolute atomic E-state index is 13.5. The number of nitrogens with one attached hydrogen (secondary N) is 3. The van der Waals surface area contributed by atoms with Crippen LogP contribution in [0.1, 0.15) is 33.7 Å². The van der Waals surface area contributed by atoms with Crippen molar-refractivity contribution in [2.45, 2.75) is 17.1 Å². The second kappa shape index (κ2) is 15.9. The summed E-state index contributed by atoms with van der Waals surface area (Å²) in [4.78, 5) is 40.6. The maximum Gasteiger partial charge on any atom is 0.272 e. The van der Waals surface area contributed by atoms with Crippen molar-refractivity contribution < 1.29 is 19.1 Å². The SMILES string of the molecule is CCOc1ccc(NC(=O)C(Sc2ccc(NC(=O)/C(=C/c3ccccc3)NC(=O)c3ccccc3)cc2)c2ccccc2)cc1. The molecule has 1 unspecified atom stereocenters. The van der Waals surface area contributed by atoms with E-state index >= 15 is 0 Å². The van der Waals surface area contributed by atoms with Gasteiger partial charge in [-0.2, -0.15) is 0 Å². The van der Waals surface area contributed by atoms with Crippen molar-refractivity contribution in [2.75, 3.05) is 17.2 Å². The second-order valence-electron chi connectivity index (χ2n) is 10.1. The quantitative estimate of drug-likeness (QED) is 0.0963. The third kappa shape index (κ3) is 8.97. The van der Waals surface area contributed by atoms with Crippen molar-refractivity contribution in [3.63, 3.8) is 0 Å². The number of thioether (sulfide) groups is 1. The average Bonchev–Trinajstić information content (AvgIpc) is 3.09. The van der Waals surface area contributed by atoms with Crippen LogP contribution in [-0.2, 0) is 9.59 Å². The third-order valence-electron chi connectivity index (χ3n) is 6.78. The van der Waals surface area contributed by atoms with Gasteiger partial charge in [-0.3, -0.25) is 14.4 Å². The van der Waals surface area contributed by atoms with E-state index in [4.69, 9.17) is 4.74 Å². The lowest BCUT2D eigenvalue weighted by molar-refractivity contribution is -0.116. The summed E-state index contributed by atoms with van der Waals surface area (Å²) in [5, 5.41) is 8.12. The predicted octanol–water partition coefficient (Wildman–Crippen LogP) is 7.97. The summed E-state index contributed by atoms with van der Waals surface area (Å²) in [6.45, 7) is 2.49. The fourth-order valence-electron chi connectivity index (χ4n) is 4.52. The van der Waals surface area contributed by atoms with E-state index in [1.165, 1.54) is 11.8 Å². The van der Waals surface area contributed by atoms with Crippen LogP contribution in [0.25, 0.3) is 6.08 Å². The van der Waals surface area contributed by atoms with Crippen molar-refractivity contribution in [3.05, 3.63) is 162 Å². The standard InChI is InChI=1S/C38H33N3O4S/c1-2-45-32-22-18-30(19-23-32)40-38(44)35(28-14-8-4-9-15-28)46-33-24-20-31(21-25-33)39-37(43)34(26-27-12-6-3-7-13-27)41-36(42)29-16-10-5-11-17-29/h3-26,35H,2H2,1H3,(H,39,43)(H,40,44)(H,41,42)/b34-26-. The van der Waals surface area contributed by atoms with Crippen molar-refractivity contribution in [2.24, 2.45) is 0 Å². The first-order chi connectivity index (χ1) is 22.5. The summed E-state index contributed by atoms with van der Waals surface area (Å²) in [7, 11) is 0. The molecular formula is C38H33N3O4S. The van der Waals surface area contributed by atoms with E-state index in [0.29, 0.717) is 23.5 Å². The Kier molecular flexibility index (Phi) is 11.0. The normalized spacial score (nSPS) is 11.6. The van der Waals surface area contributed by atoms with Gasteiger partial charge in [0.25, 0.3) is 11.8 Å². The minimum Gasteiger partial charge on any atom is -0.494 e. The monoisotopic (exact) mass is 627 g/mol. The molecular weight excluding hydrogens is 595 g/mol. The average molecular weight is 628 g/mol. The first-order valence-corrected chi connectivity index (χ1v) is 15.7. The summed E-state index contributed by atoms with van der Waals surface area (Å²) < 4.78 is 5.51. The van der Waals surface area contributed by atoms with Crippen molar-refractivity contribution in [1.82, 2.24) is 5.32 Å². The maximum atomic E-state index is 13.5. The van der Waals surface area contributed by atoms with Gasteiger partial charge < -0.3 is 20.7 Å². The Morgan fingerprint density at radius 3 is 1.89 bits per heavy atom. The lowest BCUT2D eigenvalue weighted by atomic mass is 10.1. The van der Waals surface area contributed by atoms with Gasteiger partial charge in [-0.15, -0.1) is 11.8 Å². The fourth-order valence-corrected chi connectivity index (χ4v) is 5.54. The molecule has 3 N–H and O–H groups in total. The van der Waals surface area contributed by atoms with Gasteiger partial charge in [-0.05, 0) is 84.8 Å². The van der Waals surface area contributed by atoms with Crippen LogP contribution in [0, 0.1) is 0 Å². The zero-order valence-corrected chi connectivity index (χ0v) is 26.0. The second-order valence-corrected chi connectivity index (χ2v) is 11.3. The molecule has 0 saturated heterocycles. The lowest BCUT2D eigenvalue weighted by Gasteiger charge is -2.18. The van der Waals surface area contributed by atoms with Gasteiger partial charge in [0.2, 0.25) is 5.91 Å². The Morgan fingerprint density at radius 1 is 0.696 bits per heavy atom. The Bertz CT molecular complexity index is 1780. The van der Waals surface area contributed by atoms with E-state index in [2.05, 4.69) is 16.0 Å². The topological polar surface area (TPSA) is 96.5 Å². The summed E-state index contributed by atoms with van der Waals surface area (Å²) >= 11 is 1.40. The van der Waals surface area contributed by atoms with Gasteiger partial charge >= 0.3 is 0 Å². The molecule has 230 valence electrons. The van der Waals surface area contributed by atoms with Gasteiger partial charge in [0.15, 0.2) is 0 Å². The van der Waals surface area contributed by atoms with Gasteiger partial charge in [-0.25, -0.2) is 0 Å². The number of carbonyl (C=O) groups excluding carboxylic acids is 3. The molecule has 0 spiro atoms. The Labute approximate surface area is 272 Å². The van der Waals surface area contributed by atoms with Gasteiger partial charge in [0.1, 0.15) is 16.7 Å². The molecule has 7 nitrogen and oxygen atoms in total. The molecule has 8 heteroatoms. The van der Waals surface area contributed by atoms with Crippen molar-refractivity contribution >= 4 is 46.9 Å². The molecule has 0 heterocycles. The number of anilines is 2. The molecule has 46 heavy (non-hydrogen) atoms. The molecule has 0 fully saturated rings. The van der Waals surface area contributed by atoms with Crippen molar-refractivity contribution in [3.8, 4) is 5.75 Å². The van der Waals surface area contributed by atoms with Crippen LogP contribution in [-0.4, -0.2) is 24.3 Å². The molecule has 0 saturated carbocycles. The van der Waals surface area contributed by atoms with Crippen LogP contribution >= 0.6 is 11.8 Å². The van der Waals surface area contributed by atoms with E-state index in [9.17, 15) is 14.4 Å². The van der Waals surface area contributed by atoms with Crippen LogP contribution in [0.15, 0.2) is 150 Å². The van der Waals surface area contributed by atoms with Gasteiger partial charge in [0.05, 0.1) is 6.61 Å². The van der Waals surface area contributed by atoms with E-state index < -0.39 is 11.2 Å². The van der Waals surface area contributed by atoms with Crippen LogP contribution in [0.5, 0.6) is 5.75 Å². The molecule has 1 atom stereocenters. The molecule has 0 bridgehead atoms. The van der Waals surface area contributed by atoms with Gasteiger partial charge in [0, 0.05) is 21.8 Å². The Hall–Kier alpha value is -5.60. The molecule has 0 aliphatic carbocycles. The molecule has 5 aromatic carbocycles. The molecule has 3 amide bonds. The Balaban J connectivity index is 1.30. The molecule has 0 aliphatic rings. The summed E-state index contributed by atoms with van der Waals surface area (Å²) in [6, 6.07) is 42.1. The fraction of sp³-hybridized carbons (Fsp3) is 0.0789. The predicted molar refractivity (Wildman–Crippen MR) is 185 cm³/mol. The first kappa shape index (κ1) is 31.8. The molecule has 0 aromatic heterocycles. The summed E-state index contributed by atoms with van der Waals surface area (Å²) in [5.41, 5.74) is 3.38. The number of amides is 3. The molecule has 5 aromatic rings. The highest BCUT2D eigenvalue weighted by molar-refractivity contribution is 8.00. The number of rotatable bonds is 12. The largest absolute Gasteiger partial charge is 0.494 e. The van der Waals surface area contributed by atoms with E-state index in [1.54, 1.807) is 42.5 Å². The van der Waals surface area contributed by atoms with Gasteiger partial charge in [-0.1, -0.05) is 78.9 Å². The molecule has 5 rings (SSSR count). The smallest absolute Gasteiger partial charge is 0.272 e. The van der Waals surface area contributed by atoms with Crippen LogP contribution < -0.4 is 20.7 Å². The number of ether oxygens (including phenoxy) is 1. The van der Waals surface area contributed by atoms with E-state index in [-0.39, 0.29) is 17.5 Å². The highest BCUT2D eigenvalue weighted by Gasteiger charge is 2.22. The van der Waals surface area contributed by atoms with Crippen molar-refractivity contribution in [1.29, 1.82) is 0 Å². The number of hydrogen-bond acceptors (Lipinski definition) is 5. The molecule has 0 aliphatic heterocycles. The Morgan fingerprint density at radius 2 is 1.26 bits per heavy atom. The highest BCUT2D eigenvalue weighted by Crippen LogP contribution is 2.37. The molecule has 0 radical (unpaired) electrons. The zero-order chi connectivity index (χ0) is 32.1. The van der Waals surface area contributed by atoms with Crippen LogP contribution in [0.2, 0.25) is 0 Å². The summed E-state index contributed by atoms with van der Waals surface area (Å²) in [5.74, 6) is -0.281. The van der Waals surface area contributed by atoms with E-state index in [1.807, 2.05) is 110 Å². The number of benzene rings is 5.